The van der Waals surface area contributed by atoms with Crippen molar-refractivity contribution in [2.24, 2.45) is 0 Å². The number of aryl methyl sites for hydroxylation is 2. The molecule has 0 saturated carbocycles. The van der Waals surface area contributed by atoms with Crippen molar-refractivity contribution >= 4 is 30.0 Å². The van der Waals surface area contributed by atoms with Crippen LogP contribution in [0.4, 0.5) is 5.69 Å². The zero-order valence-corrected chi connectivity index (χ0v) is 14.5. The lowest BCUT2D eigenvalue weighted by Gasteiger charge is -2.21. The number of rotatable bonds is 6. The number of anilines is 1. The highest BCUT2D eigenvalue weighted by Gasteiger charge is 2.31. The molecule has 1 aliphatic heterocycles. The summed E-state index contributed by atoms with van der Waals surface area (Å²) in [4.78, 5) is 25.3. The molecule has 1 aliphatic rings. The number of hydrogen-bond donors (Lipinski definition) is 2. The third-order valence-electron chi connectivity index (χ3n) is 4.26. The Bertz CT molecular complexity index is 541. The molecule has 2 rings (SSSR count). The summed E-state index contributed by atoms with van der Waals surface area (Å²) in [6.45, 7) is 4.93. The summed E-state index contributed by atoms with van der Waals surface area (Å²) in [7, 11) is 0. The Morgan fingerprint density at radius 3 is 2.39 bits per heavy atom. The number of aliphatic carboxylic acids is 1. The van der Waals surface area contributed by atoms with Gasteiger partial charge in [-0.3, -0.25) is 14.5 Å². The Morgan fingerprint density at radius 1 is 1.26 bits per heavy atom. The fourth-order valence-corrected chi connectivity index (χ4v) is 3.06. The molecular formula is C17H25ClN2O3. The van der Waals surface area contributed by atoms with Crippen LogP contribution in [0.5, 0.6) is 0 Å². The monoisotopic (exact) mass is 340 g/mol. The number of likely N-dealkylation sites (tertiary alicyclic amines) is 1. The minimum absolute atomic E-state index is 0. The van der Waals surface area contributed by atoms with Crippen LogP contribution in [0, 0.1) is 0 Å². The summed E-state index contributed by atoms with van der Waals surface area (Å²) in [5, 5.41) is 12.2. The van der Waals surface area contributed by atoms with E-state index in [1.165, 1.54) is 0 Å². The molecular weight excluding hydrogens is 316 g/mol. The average molecular weight is 341 g/mol. The van der Waals surface area contributed by atoms with Crippen molar-refractivity contribution < 1.29 is 14.7 Å². The second-order valence-electron chi connectivity index (χ2n) is 5.67. The number of benzene rings is 1. The van der Waals surface area contributed by atoms with Gasteiger partial charge in [0.25, 0.3) is 0 Å². The molecule has 0 radical (unpaired) electrons. The van der Waals surface area contributed by atoms with Crippen molar-refractivity contribution in [3.63, 3.8) is 0 Å². The van der Waals surface area contributed by atoms with Crippen molar-refractivity contribution in [2.45, 2.75) is 45.6 Å². The highest BCUT2D eigenvalue weighted by molar-refractivity contribution is 5.94. The lowest BCUT2D eigenvalue weighted by molar-refractivity contribution is -0.142. The van der Waals surface area contributed by atoms with Crippen LogP contribution in [0.25, 0.3) is 0 Å². The van der Waals surface area contributed by atoms with Gasteiger partial charge in [0.1, 0.15) is 6.04 Å². The number of carboxylic acid groups (broad SMARTS) is 1. The topological polar surface area (TPSA) is 69.6 Å². The summed E-state index contributed by atoms with van der Waals surface area (Å²) in [6, 6.07) is 5.52. The number of hydrogen-bond acceptors (Lipinski definition) is 3. The molecule has 1 amide bonds. The zero-order chi connectivity index (χ0) is 16.1. The first-order valence-corrected chi connectivity index (χ1v) is 7.94. The highest BCUT2D eigenvalue weighted by Crippen LogP contribution is 2.23. The Balaban J connectivity index is 0.00000264. The van der Waals surface area contributed by atoms with Gasteiger partial charge in [0, 0.05) is 5.69 Å². The molecule has 1 fully saturated rings. The van der Waals surface area contributed by atoms with Gasteiger partial charge in [-0.1, -0.05) is 32.0 Å². The lowest BCUT2D eigenvalue weighted by Crippen LogP contribution is -2.41. The largest absolute Gasteiger partial charge is 0.480 e. The molecule has 0 aliphatic carbocycles. The van der Waals surface area contributed by atoms with Crippen LogP contribution in [0.2, 0.25) is 0 Å². The molecule has 2 N–H and O–H groups in total. The molecule has 128 valence electrons. The van der Waals surface area contributed by atoms with E-state index in [1.54, 1.807) is 4.90 Å². The summed E-state index contributed by atoms with van der Waals surface area (Å²) in [5.74, 6) is -0.975. The van der Waals surface area contributed by atoms with Crippen LogP contribution in [-0.2, 0) is 22.4 Å². The van der Waals surface area contributed by atoms with Gasteiger partial charge < -0.3 is 10.4 Å². The predicted molar refractivity (Wildman–Crippen MR) is 93.3 cm³/mol. The maximum atomic E-state index is 12.3. The standard InChI is InChI=1S/C17H24N2O3.ClH/c1-3-12-7-5-8-13(4-2)16(12)18-15(20)11-19-10-6-9-14(19)17(21)22;/h5,7-8,14H,3-4,6,9-11H2,1-2H3,(H,18,20)(H,21,22);1H. The van der Waals surface area contributed by atoms with E-state index in [2.05, 4.69) is 19.2 Å². The maximum absolute atomic E-state index is 12.3. The Kier molecular flexibility index (Phi) is 7.52. The molecule has 1 heterocycles. The van der Waals surface area contributed by atoms with E-state index in [1.807, 2.05) is 18.2 Å². The first kappa shape index (κ1) is 19.5. The smallest absolute Gasteiger partial charge is 0.320 e. The van der Waals surface area contributed by atoms with Gasteiger partial charge in [-0.2, -0.15) is 0 Å². The molecule has 0 aromatic heterocycles. The number of carboxylic acids is 1. The number of nitrogens with zero attached hydrogens (tertiary/aromatic N) is 1. The molecule has 1 aromatic rings. The second kappa shape index (κ2) is 8.89. The Hall–Kier alpha value is -1.59. The number of halogens is 1. The van der Waals surface area contributed by atoms with Gasteiger partial charge in [0.15, 0.2) is 0 Å². The van der Waals surface area contributed by atoms with E-state index in [4.69, 9.17) is 0 Å². The van der Waals surface area contributed by atoms with Crippen LogP contribution in [0.15, 0.2) is 18.2 Å². The van der Waals surface area contributed by atoms with Crippen LogP contribution < -0.4 is 5.32 Å². The van der Waals surface area contributed by atoms with Crippen LogP contribution in [0.3, 0.4) is 0 Å². The number of nitrogens with one attached hydrogen (secondary N) is 1. The quantitative estimate of drug-likeness (QED) is 0.835. The van der Waals surface area contributed by atoms with E-state index >= 15 is 0 Å². The summed E-state index contributed by atoms with van der Waals surface area (Å²) in [5.41, 5.74) is 3.12. The molecule has 1 atom stereocenters. The molecule has 5 nitrogen and oxygen atoms in total. The van der Waals surface area contributed by atoms with Gasteiger partial charge in [0.2, 0.25) is 5.91 Å². The van der Waals surface area contributed by atoms with Crippen LogP contribution in [0.1, 0.15) is 37.8 Å². The SMILES string of the molecule is CCc1cccc(CC)c1NC(=O)CN1CCCC1C(=O)O.Cl. The summed E-state index contributed by atoms with van der Waals surface area (Å²) < 4.78 is 0. The molecule has 0 bridgehead atoms. The normalized spacial score (nSPS) is 17.6. The third kappa shape index (κ3) is 4.69. The Labute approximate surface area is 143 Å². The average Bonchev–Trinajstić information content (AvgIpc) is 2.95. The van der Waals surface area contributed by atoms with E-state index in [0.717, 1.165) is 36.1 Å². The second-order valence-corrected chi connectivity index (χ2v) is 5.67. The van der Waals surface area contributed by atoms with E-state index in [-0.39, 0.29) is 24.9 Å². The molecule has 1 aromatic carbocycles. The van der Waals surface area contributed by atoms with Crippen molar-refractivity contribution in [3.05, 3.63) is 29.3 Å². The fraction of sp³-hybridized carbons (Fsp3) is 0.529. The van der Waals surface area contributed by atoms with Gasteiger partial charge in [-0.15, -0.1) is 12.4 Å². The molecule has 6 heteroatoms. The van der Waals surface area contributed by atoms with E-state index < -0.39 is 12.0 Å². The van der Waals surface area contributed by atoms with Gasteiger partial charge >= 0.3 is 5.97 Å². The lowest BCUT2D eigenvalue weighted by atomic mass is 10.0. The minimum atomic E-state index is -0.839. The van der Waals surface area contributed by atoms with Crippen molar-refractivity contribution in [1.82, 2.24) is 4.90 Å². The van der Waals surface area contributed by atoms with E-state index in [0.29, 0.717) is 13.0 Å². The molecule has 0 spiro atoms. The summed E-state index contributed by atoms with van der Waals surface area (Å²) >= 11 is 0. The van der Waals surface area contributed by atoms with Crippen LogP contribution >= 0.6 is 12.4 Å². The highest BCUT2D eigenvalue weighted by atomic mass is 35.5. The predicted octanol–water partition coefficient (Wildman–Crippen LogP) is 2.72. The molecule has 23 heavy (non-hydrogen) atoms. The van der Waals surface area contributed by atoms with Crippen molar-refractivity contribution in [3.8, 4) is 0 Å². The third-order valence-corrected chi connectivity index (χ3v) is 4.26. The van der Waals surface area contributed by atoms with Gasteiger partial charge in [-0.25, -0.2) is 0 Å². The van der Waals surface area contributed by atoms with Crippen LogP contribution in [-0.4, -0.2) is 41.0 Å². The van der Waals surface area contributed by atoms with Crippen molar-refractivity contribution in [2.75, 3.05) is 18.4 Å². The first-order valence-electron chi connectivity index (χ1n) is 7.94. The summed E-state index contributed by atoms with van der Waals surface area (Å²) in [6.07, 6.45) is 3.15. The van der Waals surface area contributed by atoms with Gasteiger partial charge in [-0.05, 0) is 43.4 Å². The number of carbonyl (C=O) groups is 2. The first-order chi connectivity index (χ1) is 10.6. The zero-order valence-electron chi connectivity index (χ0n) is 13.7. The maximum Gasteiger partial charge on any atom is 0.320 e. The number of carbonyl (C=O) groups excluding carboxylic acids is 1. The van der Waals surface area contributed by atoms with Gasteiger partial charge in [0.05, 0.1) is 6.54 Å². The fourth-order valence-electron chi connectivity index (χ4n) is 3.06. The minimum Gasteiger partial charge on any atom is -0.480 e. The number of para-hydroxylation sites is 1. The number of amides is 1. The Morgan fingerprint density at radius 2 is 1.87 bits per heavy atom. The molecule has 1 unspecified atom stereocenters. The molecule has 1 saturated heterocycles. The van der Waals surface area contributed by atoms with E-state index in [9.17, 15) is 14.7 Å². The van der Waals surface area contributed by atoms with Crippen molar-refractivity contribution in [1.29, 1.82) is 0 Å².